The second kappa shape index (κ2) is 9.94. The molecule has 2 saturated heterocycles. The molecule has 7 heteroatoms. The Hall–Kier alpha value is -1.57. The second-order valence-electron chi connectivity index (χ2n) is 7.04. The molecule has 0 saturated carbocycles. The first-order valence-corrected chi connectivity index (χ1v) is 9.81. The van der Waals surface area contributed by atoms with E-state index in [1.807, 2.05) is 20.0 Å². The lowest BCUT2D eigenvalue weighted by molar-refractivity contribution is 0.0389. The normalized spacial score (nSPS) is 21.1. The van der Waals surface area contributed by atoms with E-state index in [4.69, 9.17) is 9.15 Å². The van der Waals surface area contributed by atoms with Crippen LogP contribution in [0.1, 0.15) is 30.4 Å². The van der Waals surface area contributed by atoms with E-state index in [9.17, 15) is 0 Å². The van der Waals surface area contributed by atoms with Crippen molar-refractivity contribution in [3.05, 3.63) is 23.7 Å². The SMILES string of the molecule is CN=C(NCCN1CCOCC1)NCC(c1ccc(C)o1)N1CCCC1. The summed E-state index contributed by atoms with van der Waals surface area (Å²) in [6.07, 6.45) is 2.53. The molecule has 0 radical (unpaired) electrons. The van der Waals surface area contributed by atoms with Crippen molar-refractivity contribution in [2.45, 2.75) is 25.8 Å². The Bertz CT molecular complexity index is 562. The van der Waals surface area contributed by atoms with E-state index >= 15 is 0 Å². The first-order valence-electron chi connectivity index (χ1n) is 9.81. The molecule has 1 aromatic rings. The molecule has 0 spiro atoms. The zero-order valence-electron chi connectivity index (χ0n) is 16.2. The van der Waals surface area contributed by atoms with Gasteiger partial charge in [0.15, 0.2) is 5.96 Å². The Balaban J connectivity index is 1.48. The van der Waals surface area contributed by atoms with Crippen LogP contribution in [0.4, 0.5) is 0 Å². The molecular formula is C19H33N5O2. The van der Waals surface area contributed by atoms with Gasteiger partial charge < -0.3 is 19.8 Å². The molecule has 1 aromatic heterocycles. The number of likely N-dealkylation sites (tertiary alicyclic amines) is 1. The molecule has 3 rings (SSSR count). The van der Waals surface area contributed by atoms with Gasteiger partial charge in [-0.25, -0.2) is 0 Å². The molecule has 2 N–H and O–H groups in total. The van der Waals surface area contributed by atoms with Crippen LogP contribution in [0.2, 0.25) is 0 Å². The minimum absolute atomic E-state index is 0.254. The van der Waals surface area contributed by atoms with Gasteiger partial charge in [0.1, 0.15) is 11.5 Å². The van der Waals surface area contributed by atoms with Crippen LogP contribution in [0.5, 0.6) is 0 Å². The standard InChI is InChI=1S/C19H33N5O2/c1-16-5-6-18(26-16)17(24-8-3-4-9-24)15-22-19(20-2)21-7-10-23-11-13-25-14-12-23/h5-6,17H,3-4,7-15H2,1-2H3,(H2,20,21,22). The Morgan fingerprint density at radius 3 is 2.58 bits per heavy atom. The molecule has 1 atom stereocenters. The molecule has 2 aliphatic rings. The number of morpholine rings is 1. The van der Waals surface area contributed by atoms with Crippen LogP contribution in [-0.4, -0.2) is 81.8 Å². The molecule has 0 aromatic carbocycles. The zero-order chi connectivity index (χ0) is 18.2. The molecule has 2 aliphatic heterocycles. The van der Waals surface area contributed by atoms with E-state index in [0.29, 0.717) is 0 Å². The summed E-state index contributed by atoms with van der Waals surface area (Å²) in [6, 6.07) is 4.41. The molecule has 3 heterocycles. The third-order valence-electron chi connectivity index (χ3n) is 5.18. The fourth-order valence-corrected chi connectivity index (χ4v) is 3.67. The van der Waals surface area contributed by atoms with Crippen molar-refractivity contribution < 1.29 is 9.15 Å². The maximum atomic E-state index is 5.92. The van der Waals surface area contributed by atoms with Gasteiger partial charge in [-0.15, -0.1) is 0 Å². The predicted molar refractivity (Wildman–Crippen MR) is 104 cm³/mol. The minimum atomic E-state index is 0.254. The number of furan rings is 1. The summed E-state index contributed by atoms with van der Waals surface area (Å²) in [5, 5.41) is 6.91. The number of rotatable bonds is 7. The van der Waals surface area contributed by atoms with Gasteiger partial charge >= 0.3 is 0 Å². The highest BCUT2D eigenvalue weighted by atomic mass is 16.5. The third kappa shape index (κ3) is 5.46. The number of aryl methyl sites for hydroxylation is 1. The fourth-order valence-electron chi connectivity index (χ4n) is 3.67. The quantitative estimate of drug-likeness (QED) is 0.561. The van der Waals surface area contributed by atoms with Gasteiger partial charge in [-0.2, -0.15) is 0 Å². The lowest BCUT2D eigenvalue weighted by atomic mass is 10.2. The summed E-state index contributed by atoms with van der Waals surface area (Å²) in [7, 11) is 1.83. The van der Waals surface area contributed by atoms with Gasteiger partial charge in [-0.1, -0.05) is 0 Å². The molecule has 1 unspecified atom stereocenters. The van der Waals surface area contributed by atoms with Crippen LogP contribution in [0.25, 0.3) is 0 Å². The summed E-state index contributed by atoms with van der Waals surface area (Å²) in [4.78, 5) is 9.30. The van der Waals surface area contributed by atoms with Crippen LogP contribution in [0, 0.1) is 6.92 Å². The Labute approximate surface area is 156 Å². The van der Waals surface area contributed by atoms with E-state index < -0.39 is 0 Å². The predicted octanol–water partition coefficient (Wildman–Crippen LogP) is 1.22. The largest absolute Gasteiger partial charge is 0.465 e. The fraction of sp³-hybridized carbons (Fsp3) is 0.737. The smallest absolute Gasteiger partial charge is 0.191 e. The highest BCUT2D eigenvalue weighted by Gasteiger charge is 2.26. The molecule has 0 amide bonds. The summed E-state index contributed by atoms with van der Waals surface area (Å²) in [5.74, 6) is 2.86. The number of ether oxygens (including phenoxy) is 1. The number of hydrogen-bond donors (Lipinski definition) is 2. The number of hydrogen-bond acceptors (Lipinski definition) is 5. The minimum Gasteiger partial charge on any atom is -0.465 e. The summed E-state index contributed by atoms with van der Waals surface area (Å²) >= 11 is 0. The molecule has 146 valence electrons. The van der Waals surface area contributed by atoms with Crippen molar-refractivity contribution in [1.29, 1.82) is 0 Å². The van der Waals surface area contributed by atoms with Crippen molar-refractivity contribution in [3.8, 4) is 0 Å². The van der Waals surface area contributed by atoms with Gasteiger partial charge in [0.2, 0.25) is 0 Å². The molecular weight excluding hydrogens is 330 g/mol. The average Bonchev–Trinajstić information content (AvgIpc) is 3.34. The van der Waals surface area contributed by atoms with Crippen molar-refractivity contribution in [2.24, 2.45) is 4.99 Å². The van der Waals surface area contributed by atoms with Crippen molar-refractivity contribution in [3.63, 3.8) is 0 Å². The molecule has 0 bridgehead atoms. The van der Waals surface area contributed by atoms with Gasteiger partial charge in [0, 0.05) is 39.8 Å². The first-order chi connectivity index (χ1) is 12.8. The van der Waals surface area contributed by atoms with Crippen LogP contribution in [0.3, 0.4) is 0 Å². The topological polar surface area (TPSA) is 65.3 Å². The van der Waals surface area contributed by atoms with Crippen LogP contribution < -0.4 is 10.6 Å². The van der Waals surface area contributed by atoms with E-state index in [-0.39, 0.29) is 6.04 Å². The van der Waals surface area contributed by atoms with Crippen molar-refractivity contribution in [1.82, 2.24) is 20.4 Å². The molecule has 26 heavy (non-hydrogen) atoms. The van der Waals surface area contributed by atoms with Crippen LogP contribution >= 0.6 is 0 Å². The first kappa shape index (κ1) is 19.2. The van der Waals surface area contributed by atoms with Crippen molar-refractivity contribution >= 4 is 5.96 Å². The van der Waals surface area contributed by atoms with Crippen LogP contribution in [-0.2, 0) is 4.74 Å². The number of nitrogens with one attached hydrogen (secondary N) is 2. The summed E-state index contributed by atoms with van der Waals surface area (Å²) < 4.78 is 11.3. The Morgan fingerprint density at radius 2 is 1.92 bits per heavy atom. The average molecular weight is 364 g/mol. The second-order valence-corrected chi connectivity index (χ2v) is 7.04. The summed E-state index contributed by atoms with van der Waals surface area (Å²) in [6.45, 7) is 10.7. The zero-order valence-corrected chi connectivity index (χ0v) is 16.2. The maximum Gasteiger partial charge on any atom is 0.191 e. The van der Waals surface area contributed by atoms with E-state index in [1.165, 1.54) is 12.8 Å². The van der Waals surface area contributed by atoms with Gasteiger partial charge in [0.05, 0.1) is 19.3 Å². The van der Waals surface area contributed by atoms with Crippen LogP contribution in [0.15, 0.2) is 21.5 Å². The Kier molecular flexibility index (Phi) is 7.34. The molecule has 7 nitrogen and oxygen atoms in total. The maximum absolute atomic E-state index is 5.92. The van der Waals surface area contributed by atoms with Gasteiger partial charge in [-0.05, 0) is 45.0 Å². The highest BCUT2D eigenvalue weighted by Crippen LogP contribution is 2.26. The number of nitrogens with zero attached hydrogens (tertiary/aromatic N) is 3. The van der Waals surface area contributed by atoms with E-state index in [1.54, 1.807) is 0 Å². The van der Waals surface area contributed by atoms with E-state index in [2.05, 4.69) is 31.5 Å². The highest BCUT2D eigenvalue weighted by molar-refractivity contribution is 5.79. The Morgan fingerprint density at radius 1 is 1.15 bits per heavy atom. The lowest BCUT2D eigenvalue weighted by Crippen LogP contribution is -2.46. The lowest BCUT2D eigenvalue weighted by Gasteiger charge is -2.28. The van der Waals surface area contributed by atoms with Crippen molar-refractivity contribution in [2.75, 3.05) is 66.1 Å². The monoisotopic (exact) mass is 363 g/mol. The molecule has 0 aliphatic carbocycles. The van der Waals surface area contributed by atoms with Gasteiger partial charge in [-0.3, -0.25) is 14.8 Å². The molecule has 2 fully saturated rings. The third-order valence-corrected chi connectivity index (χ3v) is 5.18. The van der Waals surface area contributed by atoms with Gasteiger partial charge in [0.25, 0.3) is 0 Å². The summed E-state index contributed by atoms with van der Waals surface area (Å²) in [5.41, 5.74) is 0. The number of guanidine groups is 1. The number of aliphatic imine (C=N–C) groups is 1. The van der Waals surface area contributed by atoms with E-state index in [0.717, 1.165) is 76.5 Å².